The predicted molar refractivity (Wildman–Crippen MR) is 255 cm³/mol. The Bertz CT molecular complexity index is 3310. The lowest BCUT2D eigenvalue weighted by molar-refractivity contribution is -0.0399. The average molecular weight is 816 g/mol. The molecule has 0 aliphatic heterocycles. The molecule has 4 fully saturated rings. The third kappa shape index (κ3) is 4.79. The zero-order valence-corrected chi connectivity index (χ0v) is 35.8. The third-order valence-electron chi connectivity index (χ3n) is 16.1. The summed E-state index contributed by atoms with van der Waals surface area (Å²) in [5.41, 5.74) is 17.6. The van der Waals surface area contributed by atoms with Crippen LogP contribution in [0.4, 0.5) is 0 Å². The molecular weight excluding hydrogens is 771 g/mol. The molecule has 3 nitrogen and oxygen atoms in total. The molecule has 62 heavy (non-hydrogen) atoms. The SMILES string of the molecule is CC1(C)c2ccc(-c3ccc(-c4nc(-c5ccccc5)nc(-c5ccc6c(c5)sc5ccccc56)n4)cc3)cc2-c2ccc3c(c21)-c1ccccc1C31C2CC3CC(C2)CC1C3. The van der Waals surface area contributed by atoms with E-state index in [9.17, 15) is 0 Å². The smallest absolute Gasteiger partial charge is 0.164 e. The Morgan fingerprint density at radius 1 is 0.435 bits per heavy atom. The molecule has 4 saturated carbocycles. The number of rotatable bonds is 4. The van der Waals surface area contributed by atoms with Gasteiger partial charge in [-0.05, 0) is 130 Å². The van der Waals surface area contributed by atoms with E-state index in [0.717, 1.165) is 40.4 Å². The topological polar surface area (TPSA) is 38.7 Å². The van der Waals surface area contributed by atoms with Crippen molar-refractivity contribution in [1.29, 1.82) is 0 Å². The summed E-state index contributed by atoms with van der Waals surface area (Å²) in [6.45, 7) is 4.95. The highest BCUT2D eigenvalue weighted by Gasteiger charge is 2.62. The number of fused-ring (bicyclic) bond motifs is 10. The summed E-state index contributed by atoms with van der Waals surface area (Å²) in [7, 11) is 0. The highest BCUT2D eigenvalue weighted by atomic mass is 32.1. The Kier molecular flexibility index (Phi) is 7.23. The van der Waals surface area contributed by atoms with Gasteiger partial charge in [0.25, 0.3) is 0 Å². The van der Waals surface area contributed by atoms with Crippen molar-refractivity contribution < 1.29 is 0 Å². The van der Waals surface area contributed by atoms with Crippen molar-refractivity contribution in [2.24, 2.45) is 23.7 Å². The van der Waals surface area contributed by atoms with Crippen molar-refractivity contribution in [1.82, 2.24) is 15.0 Å². The number of aromatic nitrogens is 3. The standard InChI is InChI=1S/C58H45N3S/c1-57(2)47-24-21-38(31-46(47)44-23-25-49-52(53(44)57)45-13-6-8-14-48(45)58(49)40-27-33-26-34(29-40)30-41(58)28-33)35-16-18-37(19-17-35)55-59-54(36-10-4-3-5-11-36)60-56(61-55)39-20-22-43-42-12-7-9-15-50(42)62-51(43)32-39/h3-25,31-34,40-41H,26-30H2,1-2H3. The fourth-order valence-corrected chi connectivity index (χ4v) is 14.9. The Hall–Kier alpha value is -6.23. The molecule has 15 rings (SSSR count). The molecule has 2 aromatic heterocycles. The van der Waals surface area contributed by atoms with Crippen molar-refractivity contribution >= 4 is 31.5 Å². The van der Waals surface area contributed by atoms with Gasteiger partial charge < -0.3 is 0 Å². The summed E-state index contributed by atoms with van der Waals surface area (Å²) in [6, 6.07) is 56.2. The van der Waals surface area contributed by atoms with E-state index in [1.165, 1.54) is 85.7 Å². The maximum absolute atomic E-state index is 5.13. The van der Waals surface area contributed by atoms with E-state index in [0.29, 0.717) is 17.5 Å². The first-order chi connectivity index (χ1) is 30.4. The van der Waals surface area contributed by atoms with Crippen LogP contribution in [-0.4, -0.2) is 15.0 Å². The summed E-state index contributed by atoms with van der Waals surface area (Å²) in [4.78, 5) is 15.3. The minimum atomic E-state index is -0.0999. The summed E-state index contributed by atoms with van der Waals surface area (Å²) in [6.07, 6.45) is 7.13. The molecule has 6 aliphatic rings. The van der Waals surface area contributed by atoms with Crippen molar-refractivity contribution in [2.45, 2.75) is 56.8 Å². The summed E-state index contributed by atoms with van der Waals surface area (Å²) in [5.74, 6) is 5.45. The molecule has 298 valence electrons. The van der Waals surface area contributed by atoms with Crippen LogP contribution < -0.4 is 0 Å². The molecule has 0 atom stereocenters. The second-order valence-electron chi connectivity index (χ2n) is 19.6. The van der Waals surface area contributed by atoms with E-state index in [1.807, 2.05) is 29.5 Å². The molecule has 2 heterocycles. The number of nitrogens with zero attached hydrogens (tertiary/aromatic N) is 3. The van der Waals surface area contributed by atoms with Crippen molar-refractivity contribution in [3.63, 3.8) is 0 Å². The molecule has 4 bridgehead atoms. The largest absolute Gasteiger partial charge is 0.208 e. The van der Waals surface area contributed by atoms with Crippen LogP contribution in [0, 0.1) is 23.7 Å². The van der Waals surface area contributed by atoms with Gasteiger partial charge >= 0.3 is 0 Å². The van der Waals surface area contributed by atoms with Crippen LogP contribution in [-0.2, 0) is 10.8 Å². The normalized spacial score (nSPS) is 23.2. The second-order valence-corrected chi connectivity index (χ2v) is 20.7. The zero-order valence-electron chi connectivity index (χ0n) is 35.0. The van der Waals surface area contributed by atoms with Crippen molar-refractivity contribution in [3.05, 3.63) is 174 Å². The molecule has 7 aromatic carbocycles. The lowest BCUT2D eigenvalue weighted by Crippen LogP contribution is -2.55. The van der Waals surface area contributed by atoms with Crippen molar-refractivity contribution in [3.8, 4) is 67.5 Å². The molecule has 0 unspecified atom stereocenters. The summed E-state index contributed by atoms with van der Waals surface area (Å²) >= 11 is 1.81. The van der Waals surface area contributed by atoms with E-state index in [-0.39, 0.29) is 10.8 Å². The van der Waals surface area contributed by atoms with Gasteiger partial charge in [0.15, 0.2) is 17.5 Å². The third-order valence-corrected chi connectivity index (χ3v) is 17.2. The first kappa shape index (κ1) is 35.4. The van der Waals surface area contributed by atoms with Crippen LogP contribution in [0.15, 0.2) is 152 Å². The molecule has 0 N–H and O–H groups in total. The van der Waals surface area contributed by atoms with Crippen LogP contribution in [0.2, 0.25) is 0 Å². The van der Waals surface area contributed by atoms with Crippen LogP contribution in [0.25, 0.3) is 87.7 Å². The molecular formula is C58H45N3S. The zero-order chi connectivity index (χ0) is 40.9. The Labute approximate surface area is 366 Å². The van der Waals surface area contributed by atoms with Crippen LogP contribution in [0.3, 0.4) is 0 Å². The van der Waals surface area contributed by atoms with E-state index < -0.39 is 0 Å². The van der Waals surface area contributed by atoms with Crippen LogP contribution in [0.5, 0.6) is 0 Å². The van der Waals surface area contributed by atoms with Gasteiger partial charge in [-0.1, -0.05) is 147 Å². The van der Waals surface area contributed by atoms with Gasteiger partial charge in [0.1, 0.15) is 0 Å². The molecule has 1 spiro atoms. The molecule has 0 amide bonds. The van der Waals surface area contributed by atoms with E-state index in [1.54, 1.807) is 22.3 Å². The number of benzene rings is 7. The first-order valence-electron chi connectivity index (χ1n) is 22.7. The van der Waals surface area contributed by atoms with E-state index in [4.69, 9.17) is 15.0 Å². The van der Waals surface area contributed by atoms with E-state index >= 15 is 0 Å². The van der Waals surface area contributed by atoms with Gasteiger partial charge in [0, 0.05) is 47.7 Å². The highest BCUT2D eigenvalue weighted by molar-refractivity contribution is 7.25. The monoisotopic (exact) mass is 815 g/mol. The van der Waals surface area contributed by atoms with Crippen LogP contribution in [0.1, 0.15) is 68.2 Å². The van der Waals surface area contributed by atoms with Gasteiger partial charge in [-0.25, -0.2) is 15.0 Å². The Balaban J connectivity index is 0.849. The van der Waals surface area contributed by atoms with Crippen LogP contribution >= 0.6 is 11.3 Å². The lowest BCUT2D eigenvalue weighted by atomic mass is 9.43. The highest BCUT2D eigenvalue weighted by Crippen LogP contribution is 2.71. The molecule has 0 radical (unpaired) electrons. The molecule has 6 aliphatic carbocycles. The fraction of sp³-hybridized carbons (Fsp3) is 0.224. The average Bonchev–Trinajstić information content (AvgIpc) is 3.91. The predicted octanol–water partition coefficient (Wildman–Crippen LogP) is 14.9. The van der Waals surface area contributed by atoms with E-state index in [2.05, 4.69) is 147 Å². The number of thiophene rings is 1. The molecule has 0 saturated heterocycles. The summed E-state index contributed by atoms with van der Waals surface area (Å²) < 4.78 is 2.52. The van der Waals surface area contributed by atoms with Gasteiger partial charge in [0.2, 0.25) is 0 Å². The first-order valence-corrected chi connectivity index (χ1v) is 23.5. The number of hydrogen-bond donors (Lipinski definition) is 0. The molecule has 9 aromatic rings. The molecule has 4 heteroatoms. The van der Waals surface area contributed by atoms with Gasteiger partial charge in [0.05, 0.1) is 0 Å². The maximum Gasteiger partial charge on any atom is 0.164 e. The second kappa shape index (κ2) is 12.7. The van der Waals surface area contributed by atoms with Crippen molar-refractivity contribution in [2.75, 3.05) is 0 Å². The minimum Gasteiger partial charge on any atom is -0.208 e. The van der Waals surface area contributed by atoms with Gasteiger partial charge in [-0.15, -0.1) is 11.3 Å². The van der Waals surface area contributed by atoms with Gasteiger partial charge in [-0.3, -0.25) is 0 Å². The Morgan fingerprint density at radius 3 is 1.81 bits per heavy atom. The lowest BCUT2D eigenvalue weighted by Gasteiger charge is -2.61. The quantitative estimate of drug-likeness (QED) is 0.178. The summed E-state index contributed by atoms with van der Waals surface area (Å²) in [5, 5.41) is 2.55. The number of hydrogen-bond acceptors (Lipinski definition) is 4. The van der Waals surface area contributed by atoms with Gasteiger partial charge in [-0.2, -0.15) is 0 Å². The Morgan fingerprint density at radius 2 is 1.03 bits per heavy atom. The minimum absolute atomic E-state index is 0.0999. The maximum atomic E-state index is 5.13. The fourth-order valence-electron chi connectivity index (χ4n) is 13.8.